The first-order valence-electron chi connectivity index (χ1n) is 3.96. The number of thiol groups is 1. The zero-order valence-corrected chi connectivity index (χ0v) is 8.36. The summed E-state index contributed by atoms with van der Waals surface area (Å²) < 4.78 is 0. The summed E-state index contributed by atoms with van der Waals surface area (Å²) in [5, 5.41) is 0.518. The Bertz CT molecular complexity index is 83.3. The van der Waals surface area contributed by atoms with Crippen LogP contribution in [0.1, 0.15) is 27.2 Å². The summed E-state index contributed by atoms with van der Waals surface area (Å²) in [5.41, 5.74) is 0. The van der Waals surface area contributed by atoms with Gasteiger partial charge in [0.05, 0.1) is 0 Å². The molecule has 0 saturated carbocycles. The van der Waals surface area contributed by atoms with Gasteiger partial charge in [-0.2, -0.15) is 12.6 Å². The second-order valence-electron chi connectivity index (χ2n) is 3.01. The van der Waals surface area contributed by atoms with Crippen LogP contribution in [0.3, 0.4) is 0 Å². The van der Waals surface area contributed by atoms with E-state index in [-0.39, 0.29) is 0 Å². The molecule has 2 unspecified atom stereocenters. The minimum Gasteiger partial charge on any atom is -0.304 e. The van der Waals surface area contributed by atoms with Crippen molar-refractivity contribution in [2.24, 2.45) is 0 Å². The van der Waals surface area contributed by atoms with Crippen LogP contribution in [-0.2, 0) is 0 Å². The summed E-state index contributed by atoms with van der Waals surface area (Å²) in [6.45, 7) is 7.70. The molecule has 0 amide bonds. The van der Waals surface area contributed by atoms with E-state index in [9.17, 15) is 0 Å². The lowest BCUT2D eigenvalue weighted by Gasteiger charge is -2.23. The van der Waals surface area contributed by atoms with Gasteiger partial charge in [0.25, 0.3) is 0 Å². The maximum absolute atomic E-state index is 4.34. The van der Waals surface area contributed by atoms with Gasteiger partial charge in [-0.1, -0.05) is 13.8 Å². The van der Waals surface area contributed by atoms with Gasteiger partial charge in [0.1, 0.15) is 0 Å². The van der Waals surface area contributed by atoms with E-state index in [1.807, 2.05) is 0 Å². The molecule has 0 radical (unpaired) electrons. The summed E-state index contributed by atoms with van der Waals surface area (Å²) in [4.78, 5) is 2.34. The highest BCUT2D eigenvalue weighted by atomic mass is 32.1. The molecular weight excluding hydrogens is 142 g/mol. The predicted octanol–water partition coefficient (Wildman–Crippen LogP) is 2.04. The minimum absolute atomic E-state index is 0.518. The Labute approximate surface area is 70.2 Å². The van der Waals surface area contributed by atoms with Crippen LogP contribution in [0.5, 0.6) is 0 Å². The first-order chi connectivity index (χ1) is 4.57. The molecule has 0 aromatic carbocycles. The number of hydrogen-bond acceptors (Lipinski definition) is 2. The largest absolute Gasteiger partial charge is 0.304 e. The minimum atomic E-state index is 0.518. The fraction of sp³-hybridized carbons (Fsp3) is 1.00. The zero-order chi connectivity index (χ0) is 8.15. The van der Waals surface area contributed by atoms with Crippen LogP contribution < -0.4 is 0 Å². The lowest BCUT2D eigenvalue weighted by atomic mass is 10.2. The fourth-order valence-electron chi connectivity index (χ4n) is 0.985. The summed E-state index contributed by atoms with van der Waals surface area (Å²) >= 11 is 4.34. The second-order valence-corrected chi connectivity index (χ2v) is 3.89. The lowest BCUT2D eigenvalue weighted by molar-refractivity contribution is 0.259. The SMILES string of the molecule is CCN(C)C(C)CC(C)S. The Morgan fingerprint density at radius 1 is 1.40 bits per heavy atom. The Balaban J connectivity index is 3.50. The Kier molecular flexibility index (Phi) is 5.18. The van der Waals surface area contributed by atoms with Gasteiger partial charge in [0, 0.05) is 11.3 Å². The molecule has 2 atom stereocenters. The van der Waals surface area contributed by atoms with E-state index < -0.39 is 0 Å². The molecule has 0 spiro atoms. The van der Waals surface area contributed by atoms with Crippen molar-refractivity contribution < 1.29 is 0 Å². The first kappa shape index (κ1) is 10.3. The molecule has 1 nitrogen and oxygen atoms in total. The molecule has 0 aliphatic rings. The molecule has 62 valence electrons. The van der Waals surface area contributed by atoms with E-state index in [0.717, 1.165) is 6.54 Å². The van der Waals surface area contributed by atoms with E-state index in [2.05, 4.69) is 45.3 Å². The van der Waals surface area contributed by atoms with Gasteiger partial charge in [-0.25, -0.2) is 0 Å². The van der Waals surface area contributed by atoms with Crippen molar-refractivity contribution >= 4 is 12.6 Å². The van der Waals surface area contributed by atoms with Gasteiger partial charge >= 0.3 is 0 Å². The van der Waals surface area contributed by atoms with Crippen molar-refractivity contribution in [2.75, 3.05) is 13.6 Å². The van der Waals surface area contributed by atoms with Crippen LogP contribution in [0.2, 0.25) is 0 Å². The van der Waals surface area contributed by atoms with E-state index >= 15 is 0 Å². The molecule has 0 fully saturated rings. The Hall–Kier alpha value is 0.310. The highest BCUT2D eigenvalue weighted by Gasteiger charge is 2.08. The van der Waals surface area contributed by atoms with Crippen LogP contribution in [0.25, 0.3) is 0 Å². The molecule has 2 heteroatoms. The van der Waals surface area contributed by atoms with Gasteiger partial charge in [-0.3, -0.25) is 0 Å². The molecule has 0 rings (SSSR count). The first-order valence-corrected chi connectivity index (χ1v) is 4.47. The normalized spacial score (nSPS) is 17.4. The highest BCUT2D eigenvalue weighted by Crippen LogP contribution is 2.07. The predicted molar refractivity (Wildman–Crippen MR) is 50.8 cm³/mol. The zero-order valence-electron chi connectivity index (χ0n) is 7.46. The second kappa shape index (κ2) is 5.03. The summed E-state index contributed by atoms with van der Waals surface area (Å²) in [6.07, 6.45) is 1.17. The van der Waals surface area contributed by atoms with Crippen molar-refractivity contribution in [3.63, 3.8) is 0 Å². The third-order valence-electron chi connectivity index (χ3n) is 1.93. The molecule has 0 bridgehead atoms. The molecule has 0 aliphatic heterocycles. The summed E-state index contributed by atoms with van der Waals surface area (Å²) in [7, 11) is 2.15. The number of rotatable bonds is 4. The lowest BCUT2D eigenvalue weighted by Crippen LogP contribution is -2.30. The van der Waals surface area contributed by atoms with Gasteiger partial charge in [0.2, 0.25) is 0 Å². The molecule has 0 aliphatic carbocycles. The Morgan fingerprint density at radius 3 is 2.20 bits per heavy atom. The van der Waals surface area contributed by atoms with Crippen LogP contribution in [0.15, 0.2) is 0 Å². The molecule has 10 heavy (non-hydrogen) atoms. The van der Waals surface area contributed by atoms with Crippen LogP contribution in [-0.4, -0.2) is 29.8 Å². The monoisotopic (exact) mass is 161 g/mol. The van der Waals surface area contributed by atoms with Crippen molar-refractivity contribution in [1.82, 2.24) is 4.90 Å². The topological polar surface area (TPSA) is 3.24 Å². The maximum Gasteiger partial charge on any atom is 0.00741 e. The van der Waals surface area contributed by atoms with Crippen molar-refractivity contribution in [3.05, 3.63) is 0 Å². The third kappa shape index (κ3) is 4.18. The van der Waals surface area contributed by atoms with Gasteiger partial charge in [0.15, 0.2) is 0 Å². The average Bonchev–Trinajstić information content (AvgIpc) is 1.85. The quantitative estimate of drug-likeness (QED) is 0.618. The van der Waals surface area contributed by atoms with E-state index in [0.29, 0.717) is 11.3 Å². The molecule has 0 aromatic heterocycles. The average molecular weight is 161 g/mol. The molecule has 0 saturated heterocycles. The highest BCUT2D eigenvalue weighted by molar-refractivity contribution is 7.80. The molecule has 0 heterocycles. The van der Waals surface area contributed by atoms with Gasteiger partial charge in [-0.05, 0) is 26.9 Å². The van der Waals surface area contributed by atoms with E-state index in [1.54, 1.807) is 0 Å². The van der Waals surface area contributed by atoms with E-state index in [4.69, 9.17) is 0 Å². The van der Waals surface area contributed by atoms with Gasteiger partial charge < -0.3 is 4.90 Å². The van der Waals surface area contributed by atoms with Crippen LogP contribution in [0, 0.1) is 0 Å². The summed E-state index contributed by atoms with van der Waals surface area (Å²) in [5.74, 6) is 0. The molecule has 0 N–H and O–H groups in total. The van der Waals surface area contributed by atoms with Gasteiger partial charge in [-0.15, -0.1) is 0 Å². The smallest absolute Gasteiger partial charge is 0.00741 e. The third-order valence-corrected chi connectivity index (χ3v) is 2.14. The van der Waals surface area contributed by atoms with Crippen molar-refractivity contribution in [1.29, 1.82) is 0 Å². The molecular formula is C8H19NS. The fourth-order valence-corrected chi connectivity index (χ4v) is 1.29. The van der Waals surface area contributed by atoms with Crippen LogP contribution >= 0.6 is 12.6 Å². The number of nitrogens with zero attached hydrogens (tertiary/aromatic N) is 1. The van der Waals surface area contributed by atoms with Crippen molar-refractivity contribution in [3.8, 4) is 0 Å². The number of hydrogen-bond donors (Lipinski definition) is 1. The Morgan fingerprint density at radius 2 is 1.90 bits per heavy atom. The molecule has 0 aromatic rings. The summed E-state index contributed by atoms with van der Waals surface area (Å²) in [6, 6.07) is 0.664. The van der Waals surface area contributed by atoms with E-state index in [1.165, 1.54) is 6.42 Å². The van der Waals surface area contributed by atoms with Crippen molar-refractivity contribution in [2.45, 2.75) is 38.5 Å². The standard InChI is InChI=1S/C8H19NS/c1-5-9(4)7(2)6-8(3)10/h7-8,10H,5-6H2,1-4H3. The van der Waals surface area contributed by atoms with Crippen LogP contribution in [0.4, 0.5) is 0 Å². The maximum atomic E-state index is 4.34.